The van der Waals surface area contributed by atoms with Gasteiger partial charge < -0.3 is 9.88 Å². The van der Waals surface area contributed by atoms with E-state index >= 15 is 0 Å². The van der Waals surface area contributed by atoms with Crippen molar-refractivity contribution in [2.75, 3.05) is 11.1 Å². The maximum absolute atomic E-state index is 12.3. The van der Waals surface area contributed by atoms with E-state index in [0.717, 1.165) is 23.8 Å². The van der Waals surface area contributed by atoms with Gasteiger partial charge in [-0.1, -0.05) is 60.3 Å². The Balaban J connectivity index is 1.65. The molecule has 1 aromatic carbocycles. The lowest BCUT2D eigenvalue weighted by Crippen LogP contribution is -2.15. The number of benzene rings is 1. The lowest BCUT2D eigenvalue weighted by molar-refractivity contribution is -0.113. The molecule has 0 saturated heterocycles. The zero-order chi connectivity index (χ0) is 19.2. The van der Waals surface area contributed by atoms with Gasteiger partial charge in [-0.15, -0.1) is 16.8 Å². The SMILES string of the molecule is C=CCn1c(SCC(=O)Nc2cc(Cl)cc(Cl)c2)nnc1C1CCCCC1. The zero-order valence-corrected chi connectivity index (χ0v) is 17.3. The molecule has 0 spiro atoms. The molecule has 0 radical (unpaired) electrons. The van der Waals surface area contributed by atoms with Crippen molar-refractivity contribution in [3.8, 4) is 0 Å². The molecule has 1 N–H and O–H groups in total. The van der Waals surface area contributed by atoms with Crippen LogP contribution in [0.4, 0.5) is 5.69 Å². The van der Waals surface area contributed by atoms with E-state index in [1.807, 2.05) is 6.08 Å². The number of nitrogens with zero attached hydrogens (tertiary/aromatic N) is 3. The molecule has 144 valence electrons. The first-order chi connectivity index (χ1) is 13.1. The first-order valence-corrected chi connectivity index (χ1v) is 10.7. The average molecular weight is 425 g/mol. The molecule has 1 heterocycles. The smallest absolute Gasteiger partial charge is 0.234 e. The number of thioether (sulfide) groups is 1. The first kappa shape index (κ1) is 20.2. The minimum atomic E-state index is -0.147. The van der Waals surface area contributed by atoms with Gasteiger partial charge in [0.15, 0.2) is 5.16 Å². The van der Waals surface area contributed by atoms with Crippen LogP contribution in [0, 0.1) is 0 Å². The number of anilines is 1. The second-order valence-electron chi connectivity index (χ2n) is 6.57. The van der Waals surface area contributed by atoms with E-state index in [4.69, 9.17) is 23.2 Å². The molecule has 1 amide bonds. The largest absolute Gasteiger partial charge is 0.325 e. The van der Waals surface area contributed by atoms with Gasteiger partial charge in [0.2, 0.25) is 5.91 Å². The van der Waals surface area contributed by atoms with Gasteiger partial charge in [-0.05, 0) is 31.0 Å². The number of halogens is 2. The fourth-order valence-corrected chi connectivity index (χ4v) is 4.60. The van der Waals surface area contributed by atoms with Crippen molar-refractivity contribution in [3.63, 3.8) is 0 Å². The van der Waals surface area contributed by atoms with Crippen LogP contribution in [0.25, 0.3) is 0 Å². The summed E-state index contributed by atoms with van der Waals surface area (Å²) in [5.41, 5.74) is 0.577. The van der Waals surface area contributed by atoms with Crippen LogP contribution < -0.4 is 5.32 Å². The van der Waals surface area contributed by atoms with Crippen molar-refractivity contribution in [1.29, 1.82) is 0 Å². The number of nitrogens with one attached hydrogen (secondary N) is 1. The van der Waals surface area contributed by atoms with Crippen molar-refractivity contribution in [3.05, 3.63) is 46.7 Å². The summed E-state index contributed by atoms with van der Waals surface area (Å²) >= 11 is 13.3. The van der Waals surface area contributed by atoms with Crippen LogP contribution in [-0.4, -0.2) is 26.4 Å². The number of carbonyl (C=O) groups is 1. The highest BCUT2D eigenvalue weighted by atomic mass is 35.5. The van der Waals surface area contributed by atoms with Crippen LogP contribution in [0.3, 0.4) is 0 Å². The highest BCUT2D eigenvalue weighted by Gasteiger charge is 2.23. The Labute approximate surface area is 173 Å². The highest BCUT2D eigenvalue weighted by molar-refractivity contribution is 7.99. The lowest BCUT2D eigenvalue weighted by atomic mass is 9.89. The molecule has 0 unspecified atom stereocenters. The van der Waals surface area contributed by atoms with Crippen LogP contribution in [0.15, 0.2) is 36.0 Å². The molecule has 1 aliphatic carbocycles. The molecule has 3 rings (SSSR count). The van der Waals surface area contributed by atoms with Crippen LogP contribution in [-0.2, 0) is 11.3 Å². The molecule has 0 aliphatic heterocycles. The molecule has 8 heteroatoms. The number of allylic oxidation sites excluding steroid dienone is 1. The fourth-order valence-electron chi connectivity index (χ4n) is 3.32. The summed E-state index contributed by atoms with van der Waals surface area (Å²) in [6, 6.07) is 4.95. The van der Waals surface area contributed by atoms with E-state index in [2.05, 4.69) is 26.7 Å². The average Bonchev–Trinajstić information content (AvgIpc) is 3.03. The van der Waals surface area contributed by atoms with Gasteiger partial charge in [0.1, 0.15) is 5.82 Å². The molecule has 1 saturated carbocycles. The van der Waals surface area contributed by atoms with Gasteiger partial charge in [0.25, 0.3) is 0 Å². The maximum atomic E-state index is 12.3. The van der Waals surface area contributed by atoms with Crippen molar-refractivity contribution < 1.29 is 4.79 Å². The molecule has 27 heavy (non-hydrogen) atoms. The van der Waals surface area contributed by atoms with E-state index in [-0.39, 0.29) is 11.7 Å². The quantitative estimate of drug-likeness (QED) is 0.467. The Bertz CT molecular complexity index is 798. The summed E-state index contributed by atoms with van der Waals surface area (Å²) in [5, 5.41) is 13.3. The van der Waals surface area contributed by atoms with Gasteiger partial charge in [-0.2, -0.15) is 0 Å². The molecular formula is C19H22Cl2N4OS. The minimum Gasteiger partial charge on any atom is -0.325 e. The normalized spacial score (nSPS) is 14.9. The van der Waals surface area contributed by atoms with Crippen molar-refractivity contribution >= 4 is 46.6 Å². The van der Waals surface area contributed by atoms with Crippen LogP contribution >= 0.6 is 35.0 Å². The Kier molecular flexibility index (Phi) is 7.21. The summed E-state index contributed by atoms with van der Waals surface area (Å²) in [6.07, 6.45) is 7.90. The molecular weight excluding hydrogens is 403 g/mol. The lowest BCUT2D eigenvalue weighted by Gasteiger charge is -2.21. The summed E-state index contributed by atoms with van der Waals surface area (Å²) in [7, 11) is 0. The third-order valence-electron chi connectivity index (χ3n) is 4.51. The third-order valence-corrected chi connectivity index (χ3v) is 5.91. The van der Waals surface area contributed by atoms with Crippen molar-refractivity contribution in [1.82, 2.24) is 14.8 Å². The number of rotatable bonds is 7. The van der Waals surface area contributed by atoms with E-state index in [0.29, 0.717) is 28.2 Å². The predicted molar refractivity (Wildman–Crippen MR) is 112 cm³/mol. The number of hydrogen-bond donors (Lipinski definition) is 1. The van der Waals surface area contributed by atoms with Gasteiger partial charge in [-0.3, -0.25) is 4.79 Å². The molecule has 1 aromatic heterocycles. The second-order valence-corrected chi connectivity index (χ2v) is 8.39. The topological polar surface area (TPSA) is 59.8 Å². The maximum Gasteiger partial charge on any atom is 0.234 e. The molecule has 1 fully saturated rings. The molecule has 0 bridgehead atoms. The van der Waals surface area contributed by atoms with Gasteiger partial charge >= 0.3 is 0 Å². The van der Waals surface area contributed by atoms with Crippen LogP contribution in [0.1, 0.15) is 43.8 Å². The number of amides is 1. The minimum absolute atomic E-state index is 0.147. The summed E-state index contributed by atoms with van der Waals surface area (Å²) in [4.78, 5) is 12.3. The molecule has 1 aliphatic rings. The third kappa shape index (κ3) is 5.50. The predicted octanol–water partition coefficient (Wildman–Crippen LogP) is 5.55. The second kappa shape index (κ2) is 9.62. The van der Waals surface area contributed by atoms with Crippen molar-refractivity contribution in [2.45, 2.75) is 49.7 Å². The Morgan fingerprint density at radius 1 is 1.22 bits per heavy atom. The Morgan fingerprint density at radius 2 is 1.93 bits per heavy atom. The van der Waals surface area contributed by atoms with Crippen LogP contribution in [0.5, 0.6) is 0 Å². The zero-order valence-electron chi connectivity index (χ0n) is 15.0. The summed E-state index contributed by atoms with van der Waals surface area (Å²) < 4.78 is 2.08. The number of hydrogen-bond acceptors (Lipinski definition) is 4. The van der Waals surface area contributed by atoms with E-state index < -0.39 is 0 Å². The molecule has 5 nitrogen and oxygen atoms in total. The summed E-state index contributed by atoms with van der Waals surface area (Å²) in [6.45, 7) is 4.49. The monoisotopic (exact) mass is 424 g/mol. The van der Waals surface area contributed by atoms with Gasteiger partial charge in [-0.25, -0.2) is 0 Å². The van der Waals surface area contributed by atoms with E-state index in [1.165, 1.54) is 31.0 Å². The Hall–Kier alpha value is -1.50. The first-order valence-electron chi connectivity index (χ1n) is 8.99. The highest BCUT2D eigenvalue weighted by Crippen LogP contribution is 2.33. The Morgan fingerprint density at radius 3 is 2.59 bits per heavy atom. The standard InChI is InChI=1S/C19H22Cl2N4OS/c1-2-8-25-18(13-6-4-3-5-7-13)23-24-19(25)27-12-17(26)22-16-10-14(20)9-15(21)11-16/h2,9-11,13H,1,3-8,12H2,(H,22,26). The van der Waals surface area contributed by atoms with Crippen molar-refractivity contribution in [2.24, 2.45) is 0 Å². The van der Waals surface area contributed by atoms with Gasteiger partial charge in [0, 0.05) is 28.2 Å². The van der Waals surface area contributed by atoms with E-state index in [9.17, 15) is 4.79 Å². The number of aromatic nitrogens is 3. The van der Waals surface area contributed by atoms with Gasteiger partial charge in [0.05, 0.1) is 5.75 Å². The van der Waals surface area contributed by atoms with E-state index in [1.54, 1.807) is 18.2 Å². The molecule has 2 aromatic rings. The molecule has 0 atom stereocenters. The van der Waals surface area contributed by atoms with Crippen LogP contribution in [0.2, 0.25) is 10.0 Å². The fraction of sp³-hybridized carbons (Fsp3) is 0.421. The number of carbonyl (C=O) groups excluding carboxylic acids is 1. The summed E-state index contributed by atoms with van der Waals surface area (Å²) in [5.74, 6) is 1.54.